The molecule has 1 aliphatic rings. The lowest BCUT2D eigenvalue weighted by Gasteiger charge is -2.16. The van der Waals surface area contributed by atoms with Crippen LogP contribution >= 0.6 is 15.9 Å². The average molecular weight is 333 g/mol. The molecule has 1 heterocycles. The predicted molar refractivity (Wildman–Crippen MR) is 84.5 cm³/mol. The van der Waals surface area contributed by atoms with Crippen molar-refractivity contribution in [3.05, 3.63) is 57.6 Å². The maximum absolute atomic E-state index is 5.85. The highest BCUT2D eigenvalue weighted by atomic mass is 79.9. The van der Waals surface area contributed by atoms with Crippen LogP contribution in [0.3, 0.4) is 0 Å². The van der Waals surface area contributed by atoms with E-state index < -0.39 is 0 Å². The first-order valence-electron chi connectivity index (χ1n) is 6.58. The standard InChI is InChI=1S/C16H17BrN2O/c1-20-15-4-5-16(17)13(7-15)10-19-8-11-2-3-14(18)6-12(11)9-19/h2-7H,8-10,18H2,1H3. The van der Waals surface area contributed by atoms with E-state index >= 15 is 0 Å². The lowest BCUT2D eigenvalue weighted by Crippen LogP contribution is -2.16. The minimum Gasteiger partial charge on any atom is -0.497 e. The molecule has 2 aromatic rings. The third kappa shape index (κ3) is 2.67. The Morgan fingerprint density at radius 3 is 2.75 bits per heavy atom. The van der Waals surface area contributed by atoms with Gasteiger partial charge in [0.15, 0.2) is 0 Å². The van der Waals surface area contributed by atoms with E-state index in [9.17, 15) is 0 Å². The van der Waals surface area contributed by atoms with E-state index in [4.69, 9.17) is 10.5 Å². The van der Waals surface area contributed by atoms with Gasteiger partial charge < -0.3 is 10.5 Å². The highest BCUT2D eigenvalue weighted by molar-refractivity contribution is 9.10. The molecule has 0 amide bonds. The predicted octanol–water partition coefficient (Wildman–Crippen LogP) is 3.56. The summed E-state index contributed by atoms with van der Waals surface area (Å²) in [4.78, 5) is 2.41. The maximum Gasteiger partial charge on any atom is 0.119 e. The Balaban J connectivity index is 1.77. The van der Waals surface area contributed by atoms with Crippen LogP contribution in [0, 0.1) is 0 Å². The van der Waals surface area contributed by atoms with Crippen molar-refractivity contribution in [2.75, 3.05) is 12.8 Å². The molecule has 0 fully saturated rings. The fourth-order valence-electron chi connectivity index (χ4n) is 2.64. The van der Waals surface area contributed by atoms with Crippen molar-refractivity contribution < 1.29 is 4.74 Å². The van der Waals surface area contributed by atoms with E-state index in [1.165, 1.54) is 16.7 Å². The average Bonchev–Trinajstić information content (AvgIpc) is 2.82. The fraction of sp³-hybridized carbons (Fsp3) is 0.250. The molecule has 20 heavy (non-hydrogen) atoms. The van der Waals surface area contributed by atoms with Crippen LogP contribution < -0.4 is 10.5 Å². The second-order valence-electron chi connectivity index (χ2n) is 5.13. The third-order valence-electron chi connectivity index (χ3n) is 3.67. The van der Waals surface area contributed by atoms with Gasteiger partial charge in [0.25, 0.3) is 0 Å². The number of methoxy groups -OCH3 is 1. The lowest BCUT2D eigenvalue weighted by molar-refractivity contribution is 0.274. The van der Waals surface area contributed by atoms with Crippen LogP contribution in [0.5, 0.6) is 5.75 Å². The van der Waals surface area contributed by atoms with Crippen molar-refractivity contribution in [1.29, 1.82) is 0 Å². The summed E-state index contributed by atoms with van der Waals surface area (Å²) in [6, 6.07) is 12.3. The van der Waals surface area contributed by atoms with Gasteiger partial charge in [-0.1, -0.05) is 22.0 Å². The molecule has 1 aliphatic heterocycles. The SMILES string of the molecule is COc1ccc(Br)c(CN2Cc3ccc(N)cc3C2)c1. The smallest absolute Gasteiger partial charge is 0.119 e. The van der Waals surface area contributed by atoms with E-state index in [2.05, 4.69) is 39.0 Å². The first kappa shape index (κ1) is 13.5. The number of nitrogens with zero attached hydrogens (tertiary/aromatic N) is 1. The quantitative estimate of drug-likeness (QED) is 0.873. The summed E-state index contributed by atoms with van der Waals surface area (Å²) in [5, 5.41) is 0. The maximum atomic E-state index is 5.85. The highest BCUT2D eigenvalue weighted by Gasteiger charge is 2.19. The Morgan fingerprint density at radius 2 is 1.95 bits per heavy atom. The molecule has 0 saturated heterocycles. The topological polar surface area (TPSA) is 38.5 Å². The summed E-state index contributed by atoms with van der Waals surface area (Å²) in [6.45, 7) is 2.82. The zero-order valence-corrected chi connectivity index (χ0v) is 13.0. The second kappa shape index (κ2) is 5.46. The lowest BCUT2D eigenvalue weighted by atomic mass is 10.1. The molecule has 0 atom stereocenters. The van der Waals surface area contributed by atoms with Gasteiger partial charge in [0, 0.05) is 29.8 Å². The Kier molecular flexibility index (Phi) is 3.68. The van der Waals surface area contributed by atoms with Crippen LogP contribution in [0.15, 0.2) is 40.9 Å². The van der Waals surface area contributed by atoms with E-state index in [1.807, 2.05) is 18.2 Å². The van der Waals surface area contributed by atoms with Crippen molar-refractivity contribution >= 4 is 21.6 Å². The van der Waals surface area contributed by atoms with Crippen molar-refractivity contribution in [3.8, 4) is 5.75 Å². The van der Waals surface area contributed by atoms with Crippen LogP contribution in [0.25, 0.3) is 0 Å². The van der Waals surface area contributed by atoms with Gasteiger partial charge in [-0.25, -0.2) is 0 Å². The number of nitrogen functional groups attached to an aromatic ring is 1. The van der Waals surface area contributed by atoms with Crippen molar-refractivity contribution in [3.63, 3.8) is 0 Å². The summed E-state index contributed by atoms with van der Waals surface area (Å²) in [7, 11) is 1.70. The third-order valence-corrected chi connectivity index (χ3v) is 4.44. The van der Waals surface area contributed by atoms with Gasteiger partial charge in [0.05, 0.1) is 7.11 Å². The van der Waals surface area contributed by atoms with E-state index in [-0.39, 0.29) is 0 Å². The van der Waals surface area contributed by atoms with Gasteiger partial charge in [-0.05, 0) is 47.0 Å². The van der Waals surface area contributed by atoms with Crippen molar-refractivity contribution in [1.82, 2.24) is 4.90 Å². The zero-order valence-electron chi connectivity index (χ0n) is 11.4. The number of benzene rings is 2. The number of rotatable bonds is 3. The minimum atomic E-state index is 0.841. The minimum absolute atomic E-state index is 0.841. The number of anilines is 1. The molecule has 0 radical (unpaired) electrons. The number of fused-ring (bicyclic) bond motifs is 1. The summed E-state index contributed by atoms with van der Waals surface area (Å²) < 4.78 is 6.42. The largest absolute Gasteiger partial charge is 0.497 e. The number of nitrogens with two attached hydrogens (primary N) is 1. The van der Waals surface area contributed by atoms with E-state index in [1.54, 1.807) is 7.11 Å². The molecule has 0 bridgehead atoms. The van der Waals surface area contributed by atoms with Crippen LogP contribution in [0.1, 0.15) is 16.7 Å². The molecule has 2 aromatic carbocycles. The summed E-state index contributed by atoms with van der Waals surface area (Å²) in [5.41, 5.74) is 10.6. The van der Waals surface area contributed by atoms with Gasteiger partial charge in [0.2, 0.25) is 0 Å². The Bertz CT molecular complexity index is 642. The van der Waals surface area contributed by atoms with Crippen molar-refractivity contribution in [2.45, 2.75) is 19.6 Å². The summed E-state index contributed by atoms with van der Waals surface area (Å²) >= 11 is 3.61. The van der Waals surface area contributed by atoms with Crippen LogP contribution in [0.2, 0.25) is 0 Å². The van der Waals surface area contributed by atoms with Crippen molar-refractivity contribution in [2.24, 2.45) is 0 Å². The van der Waals surface area contributed by atoms with Gasteiger partial charge in [-0.2, -0.15) is 0 Å². The molecule has 4 heteroatoms. The molecule has 0 aromatic heterocycles. The van der Waals surface area contributed by atoms with Gasteiger partial charge >= 0.3 is 0 Å². The van der Waals surface area contributed by atoms with Gasteiger partial charge in [-0.15, -0.1) is 0 Å². The number of halogens is 1. The first-order chi connectivity index (χ1) is 9.65. The number of hydrogen-bond acceptors (Lipinski definition) is 3. The summed E-state index contributed by atoms with van der Waals surface area (Å²) in [6.07, 6.45) is 0. The van der Waals surface area contributed by atoms with E-state index in [0.717, 1.165) is 35.5 Å². The molecule has 3 rings (SSSR count). The molecule has 3 nitrogen and oxygen atoms in total. The van der Waals surface area contributed by atoms with Crippen LogP contribution in [0.4, 0.5) is 5.69 Å². The number of ether oxygens (including phenoxy) is 1. The molecule has 104 valence electrons. The molecular weight excluding hydrogens is 316 g/mol. The highest BCUT2D eigenvalue weighted by Crippen LogP contribution is 2.29. The normalized spacial score (nSPS) is 14.3. The molecular formula is C16H17BrN2O. The molecule has 2 N–H and O–H groups in total. The fourth-order valence-corrected chi connectivity index (χ4v) is 3.01. The first-order valence-corrected chi connectivity index (χ1v) is 7.37. The molecule has 0 spiro atoms. The van der Waals surface area contributed by atoms with Crippen LogP contribution in [-0.4, -0.2) is 12.0 Å². The van der Waals surface area contributed by atoms with E-state index in [0.29, 0.717) is 0 Å². The van der Waals surface area contributed by atoms with Gasteiger partial charge in [0.1, 0.15) is 5.75 Å². The summed E-state index contributed by atoms with van der Waals surface area (Å²) in [5.74, 6) is 0.893. The molecule has 0 saturated carbocycles. The monoisotopic (exact) mass is 332 g/mol. The Morgan fingerprint density at radius 1 is 1.15 bits per heavy atom. The van der Waals surface area contributed by atoms with Gasteiger partial charge in [-0.3, -0.25) is 4.90 Å². The van der Waals surface area contributed by atoms with Crippen LogP contribution in [-0.2, 0) is 19.6 Å². The number of hydrogen-bond donors (Lipinski definition) is 1. The Hall–Kier alpha value is -1.52. The molecule has 0 unspecified atom stereocenters. The molecule has 0 aliphatic carbocycles. The Labute approximate surface area is 127 Å². The zero-order chi connectivity index (χ0) is 14.1. The second-order valence-corrected chi connectivity index (χ2v) is 5.98.